The highest BCUT2D eigenvalue weighted by Crippen LogP contribution is 2.32. The van der Waals surface area contributed by atoms with Crippen molar-refractivity contribution in [3.63, 3.8) is 0 Å². The first-order valence-electron chi connectivity index (χ1n) is 5.77. The van der Waals surface area contributed by atoms with Gasteiger partial charge in [0.25, 0.3) is 0 Å². The molecule has 1 N–H and O–H groups in total. The molecule has 0 spiro atoms. The van der Waals surface area contributed by atoms with Crippen LogP contribution in [0.5, 0.6) is 0 Å². The molecule has 0 saturated heterocycles. The van der Waals surface area contributed by atoms with E-state index < -0.39 is 5.60 Å². The molecular formula is C13H21NO. The van der Waals surface area contributed by atoms with Gasteiger partial charge in [0.1, 0.15) is 0 Å². The van der Waals surface area contributed by atoms with Crippen molar-refractivity contribution in [3.05, 3.63) is 29.6 Å². The zero-order chi connectivity index (χ0) is 11.3. The van der Waals surface area contributed by atoms with Crippen LogP contribution in [0.2, 0.25) is 0 Å². The van der Waals surface area contributed by atoms with Gasteiger partial charge in [-0.1, -0.05) is 26.7 Å². The highest BCUT2D eigenvalue weighted by atomic mass is 16.3. The highest BCUT2D eigenvalue weighted by molar-refractivity contribution is 5.27. The van der Waals surface area contributed by atoms with Crippen molar-refractivity contribution in [1.29, 1.82) is 0 Å². The molecule has 0 aliphatic rings. The Morgan fingerprint density at radius 2 is 1.87 bits per heavy atom. The summed E-state index contributed by atoms with van der Waals surface area (Å²) in [6.45, 7) is 6.24. The van der Waals surface area contributed by atoms with E-state index in [1.54, 1.807) is 12.4 Å². The molecule has 15 heavy (non-hydrogen) atoms. The molecule has 0 fully saturated rings. The molecule has 1 heterocycles. The van der Waals surface area contributed by atoms with E-state index in [-0.39, 0.29) is 0 Å². The first kappa shape index (κ1) is 12.2. The smallest absolute Gasteiger partial charge is 0.0913 e. The first-order valence-corrected chi connectivity index (χ1v) is 5.77. The Kier molecular flexibility index (Phi) is 4.28. The van der Waals surface area contributed by atoms with Crippen LogP contribution in [0.4, 0.5) is 0 Å². The third-order valence-electron chi connectivity index (χ3n) is 2.87. The van der Waals surface area contributed by atoms with E-state index in [1.807, 2.05) is 13.0 Å². The number of nitrogens with zero attached hydrogens (tertiary/aromatic N) is 1. The maximum absolute atomic E-state index is 10.6. The molecule has 0 bridgehead atoms. The van der Waals surface area contributed by atoms with Gasteiger partial charge in [0, 0.05) is 18.0 Å². The zero-order valence-corrected chi connectivity index (χ0v) is 9.95. The molecule has 2 heteroatoms. The topological polar surface area (TPSA) is 33.1 Å². The fourth-order valence-electron chi connectivity index (χ4n) is 2.17. The summed E-state index contributed by atoms with van der Waals surface area (Å²) < 4.78 is 0. The average molecular weight is 207 g/mol. The van der Waals surface area contributed by atoms with E-state index >= 15 is 0 Å². The summed E-state index contributed by atoms with van der Waals surface area (Å²) in [6, 6.07) is 1.96. The number of pyridine rings is 1. The number of aliphatic hydroxyl groups is 1. The van der Waals surface area contributed by atoms with E-state index in [0.29, 0.717) is 0 Å². The first-order chi connectivity index (χ1) is 7.14. The maximum atomic E-state index is 10.6. The molecule has 0 aliphatic carbocycles. The van der Waals surface area contributed by atoms with Crippen LogP contribution in [-0.4, -0.2) is 10.1 Å². The minimum absolute atomic E-state index is 0.679. The molecule has 0 radical (unpaired) electrons. The van der Waals surface area contributed by atoms with Crippen LogP contribution < -0.4 is 0 Å². The van der Waals surface area contributed by atoms with Crippen LogP contribution >= 0.6 is 0 Å². The molecule has 0 saturated carbocycles. The van der Waals surface area contributed by atoms with Crippen molar-refractivity contribution < 1.29 is 5.11 Å². The van der Waals surface area contributed by atoms with Crippen LogP contribution in [0.15, 0.2) is 18.5 Å². The monoisotopic (exact) mass is 207 g/mol. The Bertz CT molecular complexity index is 303. The highest BCUT2D eigenvalue weighted by Gasteiger charge is 2.28. The van der Waals surface area contributed by atoms with Crippen molar-refractivity contribution >= 4 is 0 Å². The normalized spacial score (nSPS) is 11.7. The van der Waals surface area contributed by atoms with E-state index in [9.17, 15) is 5.11 Å². The van der Waals surface area contributed by atoms with Gasteiger partial charge in [0.05, 0.1) is 5.60 Å². The molecule has 1 aromatic rings. The van der Waals surface area contributed by atoms with Crippen molar-refractivity contribution in [2.45, 2.75) is 52.1 Å². The van der Waals surface area contributed by atoms with E-state index in [2.05, 4.69) is 18.8 Å². The van der Waals surface area contributed by atoms with Crippen LogP contribution in [0.1, 0.15) is 50.7 Å². The fraction of sp³-hybridized carbons (Fsp3) is 0.615. The molecule has 0 amide bonds. The third-order valence-corrected chi connectivity index (χ3v) is 2.87. The summed E-state index contributed by atoms with van der Waals surface area (Å²) in [5.74, 6) is 0. The molecule has 0 atom stereocenters. The van der Waals surface area contributed by atoms with Gasteiger partial charge in [-0.3, -0.25) is 4.98 Å². The second-order valence-electron chi connectivity index (χ2n) is 4.22. The average Bonchev–Trinajstić information content (AvgIpc) is 2.19. The predicted octanol–water partition coefficient (Wildman–Crippen LogP) is 3.18. The van der Waals surface area contributed by atoms with Gasteiger partial charge >= 0.3 is 0 Å². The summed E-state index contributed by atoms with van der Waals surface area (Å²) in [6.07, 6.45) is 7.19. The Hall–Kier alpha value is -0.890. The number of hydrogen-bond acceptors (Lipinski definition) is 2. The third kappa shape index (κ3) is 2.78. The Morgan fingerprint density at radius 3 is 2.33 bits per heavy atom. The van der Waals surface area contributed by atoms with Crippen LogP contribution in [0.25, 0.3) is 0 Å². The summed E-state index contributed by atoms with van der Waals surface area (Å²) in [5.41, 5.74) is 1.45. The molecule has 2 nitrogen and oxygen atoms in total. The van der Waals surface area contributed by atoms with Gasteiger partial charge < -0.3 is 5.11 Å². The lowest BCUT2D eigenvalue weighted by Crippen LogP contribution is -2.26. The Morgan fingerprint density at radius 1 is 1.27 bits per heavy atom. The van der Waals surface area contributed by atoms with E-state index in [4.69, 9.17) is 0 Å². The number of rotatable bonds is 5. The molecule has 0 aromatic carbocycles. The van der Waals surface area contributed by atoms with Crippen LogP contribution in [-0.2, 0) is 5.60 Å². The minimum Gasteiger partial charge on any atom is -0.385 e. The molecule has 84 valence electrons. The fourth-order valence-corrected chi connectivity index (χ4v) is 2.17. The van der Waals surface area contributed by atoms with Gasteiger partial charge in [-0.15, -0.1) is 0 Å². The van der Waals surface area contributed by atoms with Gasteiger partial charge in [-0.2, -0.15) is 0 Å². The summed E-state index contributed by atoms with van der Waals surface area (Å²) in [7, 11) is 0. The second kappa shape index (κ2) is 5.26. The quantitative estimate of drug-likeness (QED) is 0.804. The van der Waals surface area contributed by atoms with Crippen LogP contribution in [0, 0.1) is 6.92 Å². The minimum atomic E-state index is -0.679. The van der Waals surface area contributed by atoms with Gasteiger partial charge in [-0.25, -0.2) is 0 Å². The Balaban J connectivity index is 3.03. The summed E-state index contributed by atoms with van der Waals surface area (Å²) in [5, 5.41) is 10.6. The van der Waals surface area contributed by atoms with Crippen molar-refractivity contribution in [3.8, 4) is 0 Å². The molecule has 1 aromatic heterocycles. The number of aromatic nitrogens is 1. The standard InChI is InChI=1S/C13H21NO/c1-4-7-13(15,8-5-2)12-10-14-9-6-11(12)3/h6,9-10,15H,4-5,7-8H2,1-3H3. The van der Waals surface area contributed by atoms with Crippen molar-refractivity contribution in [2.24, 2.45) is 0 Å². The molecule has 0 aliphatic heterocycles. The largest absolute Gasteiger partial charge is 0.385 e. The van der Waals surface area contributed by atoms with Crippen molar-refractivity contribution in [2.75, 3.05) is 0 Å². The predicted molar refractivity (Wildman–Crippen MR) is 62.7 cm³/mol. The van der Waals surface area contributed by atoms with Crippen LogP contribution in [0.3, 0.4) is 0 Å². The van der Waals surface area contributed by atoms with E-state index in [0.717, 1.165) is 36.8 Å². The molecular weight excluding hydrogens is 186 g/mol. The van der Waals surface area contributed by atoms with Gasteiger partial charge in [0.2, 0.25) is 0 Å². The lowest BCUT2D eigenvalue weighted by molar-refractivity contribution is 0.0161. The second-order valence-corrected chi connectivity index (χ2v) is 4.22. The maximum Gasteiger partial charge on any atom is 0.0913 e. The Labute approximate surface area is 92.4 Å². The lowest BCUT2D eigenvalue weighted by Gasteiger charge is -2.29. The van der Waals surface area contributed by atoms with Gasteiger partial charge in [0.15, 0.2) is 0 Å². The van der Waals surface area contributed by atoms with Crippen molar-refractivity contribution in [1.82, 2.24) is 4.98 Å². The van der Waals surface area contributed by atoms with Gasteiger partial charge in [-0.05, 0) is 31.4 Å². The lowest BCUT2D eigenvalue weighted by atomic mass is 9.84. The van der Waals surface area contributed by atoms with E-state index in [1.165, 1.54) is 0 Å². The SMILES string of the molecule is CCCC(O)(CCC)c1cnccc1C. The number of aryl methyl sites for hydroxylation is 1. The summed E-state index contributed by atoms with van der Waals surface area (Å²) in [4.78, 5) is 4.12. The summed E-state index contributed by atoms with van der Waals surface area (Å²) >= 11 is 0. The number of hydrogen-bond donors (Lipinski definition) is 1. The zero-order valence-electron chi connectivity index (χ0n) is 9.95. The molecule has 1 rings (SSSR count). The molecule has 0 unspecified atom stereocenters.